The minimum Gasteiger partial charge on any atom is -0.392 e. The van der Waals surface area contributed by atoms with Gasteiger partial charge in [-0.15, -0.1) is 0 Å². The van der Waals surface area contributed by atoms with Crippen LogP contribution in [0.2, 0.25) is 0 Å². The Kier molecular flexibility index (Phi) is 2.24. The number of nitrogens with zero attached hydrogens (tertiary/aromatic N) is 1. The lowest BCUT2D eigenvalue weighted by Gasteiger charge is -2.16. The normalized spacial score (nSPS) is 21.8. The number of hydrazine groups is 1. The molecule has 0 bridgehead atoms. The van der Waals surface area contributed by atoms with Crippen LogP contribution in [0.1, 0.15) is 13.3 Å². The molecule has 1 fully saturated rings. The standard InChI is InChI=1S/C6H12N2O2/c1-5(9)4-8-6(10)2-3-7-8/h5,7,9H,2-4H2,1H3. The van der Waals surface area contributed by atoms with Gasteiger partial charge in [0, 0.05) is 13.0 Å². The molecule has 4 nitrogen and oxygen atoms in total. The third-order valence-corrected chi connectivity index (χ3v) is 1.39. The molecule has 10 heavy (non-hydrogen) atoms. The Morgan fingerprint density at radius 2 is 2.60 bits per heavy atom. The smallest absolute Gasteiger partial charge is 0.238 e. The Hall–Kier alpha value is -0.610. The Morgan fingerprint density at radius 3 is 3.00 bits per heavy atom. The second kappa shape index (κ2) is 2.98. The van der Waals surface area contributed by atoms with E-state index in [1.807, 2.05) is 0 Å². The first-order chi connectivity index (χ1) is 4.70. The molecule has 1 heterocycles. The average Bonchev–Trinajstić information content (AvgIpc) is 2.15. The number of aliphatic hydroxyl groups is 1. The molecule has 2 N–H and O–H groups in total. The lowest BCUT2D eigenvalue weighted by atomic mass is 10.4. The molecule has 0 saturated carbocycles. The van der Waals surface area contributed by atoms with Crippen molar-refractivity contribution in [3.63, 3.8) is 0 Å². The Balaban J connectivity index is 2.33. The highest BCUT2D eigenvalue weighted by Gasteiger charge is 2.20. The van der Waals surface area contributed by atoms with Crippen molar-refractivity contribution in [2.45, 2.75) is 19.4 Å². The van der Waals surface area contributed by atoms with Gasteiger partial charge in [0.2, 0.25) is 5.91 Å². The van der Waals surface area contributed by atoms with Gasteiger partial charge in [-0.1, -0.05) is 0 Å². The van der Waals surface area contributed by atoms with Crippen LogP contribution in [0, 0.1) is 0 Å². The molecule has 1 unspecified atom stereocenters. The van der Waals surface area contributed by atoms with Gasteiger partial charge in [-0.05, 0) is 6.92 Å². The first-order valence-corrected chi connectivity index (χ1v) is 3.42. The lowest BCUT2D eigenvalue weighted by molar-refractivity contribution is -0.130. The van der Waals surface area contributed by atoms with E-state index < -0.39 is 6.10 Å². The fourth-order valence-electron chi connectivity index (χ4n) is 0.952. The van der Waals surface area contributed by atoms with Gasteiger partial charge in [-0.2, -0.15) is 0 Å². The van der Waals surface area contributed by atoms with Crippen LogP contribution < -0.4 is 5.43 Å². The molecule has 0 spiro atoms. The van der Waals surface area contributed by atoms with Crippen molar-refractivity contribution in [3.05, 3.63) is 0 Å². The summed E-state index contributed by atoms with van der Waals surface area (Å²) in [7, 11) is 0. The molecule has 1 atom stereocenters. The minimum atomic E-state index is -0.449. The minimum absolute atomic E-state index is 0.0703. The van der Waals surface area contributed by atoms with Crippen LogP contribution in [-0.4, -0.2) is 35.2 Å². The van der Waals surface area contributed by atoms with Crippen molar-refractivity contribution < 1.29 is 9.90 Å². The third-order valence-electron chi connectivity index (χ3n) is 1.39. The summed E-state index contributed by atoms with van der Waals surface area (Å²) in [4.78, 5) is 10.9. The molecule has 4 heteroatoms. The third kappa shape index (κ3) is 1.68. The number of β-amino-alcohol motifs (C(OH)–C–C–N with tert-alkyl or cyclic N) is 1. The van der Waals surface area contributed by atoms with E-state index in [-0.39, 0.29) is 5.91 Å². The van der Waals surface area contributed by atoms with E-state index in [2.05, 4.69) is 5.43 Å². The quantitative estimate of drug-likeness (QED) is 0.528. The summed E-state index contributed by atoms with van der Waals surface area (Å²) in [6, 6.07) is 0. The molecule has 0 aliphatic carbocycles. The molecular weight excluding hydrogens is 132 g/mol. The second-order valence-corrected chi connectivity index (χ2v) is 2.51. The van der Waals surface area contributed by atoms with Crippen LogP contribution in [-0.2, 0) is 4.79 Å². The maximum Gasteiger partial charge on any atom is 0.238 e. The van der Waals surface area contributed by atoms with Crippen molar-refractivity contribution >= 4 is 5.91 Å². The molecule has 1 aliphatic heterocycles. The lowest BCUT2D eigenvalue weighted by Crippen LogP contribution is -2.39. The van der Waals surface area contributed by atoms with Crippen molar-refractivity contribution in [1.82, 2.24) is 10.4 Å². The van der Waals surface area contributed by atoms with Gasteiger partial charge >= 0.3 is 0 Å². The van der Waals surface area contributed by atoms with Gasteiger partial charge in [0.05, 0.1) is 12.6 Å². The van der Waals surface area contributed by atoms with Crippen LogP contribution in [0.15, 0.2) is 0 Å². The van der Waals surface area contributed by atoms with E-state index in [0.29, 0.717) is 19.5 Å². The SMILES string of the molecule is CC(O)CN1NCCC1=O. The van der Waals surface area contributed by atoms with Crippen LogP contribution >= 0.6 is 0 Å². The summed E-state index contributed by atoms with van der Waals surface area (Å²) in [6.07, 6.45) is 0.0988. The first-order valence-electron chi connectivity index (χ1n) is 3.42. The summed E-state index contributed by atoms with van der Waals surface area (Å²) in [5, 5.41) is 10.4. The summed E-state index contributed by atoms with van der Waals surface area (Å²) in [6.45, 7) is 2.75. The molecule has 58 valence electrons. The van der Waals surface area contributed by atoms with Gasteiger partial charge in [0.1, 0.15) is 0 Å². The number of hydrogen-bond donors (Lipinski definition) is 2. The largest absolute Gasteiger partial charge is 0.392 e. The van der Waals surface area contributed by atoms with E-state index in [1.165, 1.54) is 5.01 Å². The molecule has 1 amide bonds. The van der Waals surface area contributed by atoms with Gasteiger partial charge in [0.15, 0.2) is 0 Å². The molecule has 1 saturated heterocycles. The Labute approximate surface area is 59.8 Å². The van der Waals surface area contributed by atoms with Crippen molar-refractivity contribution in [3.8, 4) is 0 Å². The molecule has 0 aromatic carbocycles. The van der Waals surface area contributed by atoms with E-state index in [1.54, 1.807) is 6.92 Å². The highest BCUT2D eigenvalue weighted by molar-refractivity contribution is 5.77. The van der Waals surface area contributed by atoms with E-state index in [9.17, 15) is 4.79 Å². The zero-order valence-electron chi connectivity index (χ0n) is 6.00. The fraction of sp³-hybridized carbons (Fsp3) is 0.833. The number of nitrogens with one attached hydrogen (secondary N) is 1. The van der Waals surface area contributed by atoms with E-state index in [0.717, 1.165) is 0 Å². The van der Waals surface area contributed by atoms with Crippen LogP contribution in [0.4, 0.5) is 0 Å². The first kappa shape index (κ1) is 7.50. The fourth-order valence-corrected chi connectivity index (χ4v) is 0.952. The maximum atomic E-state index is 10.9. The van der Waals surface area contributed by atoms with Gasteiger partial charge in [-0.25, -0.2) is 5.43 Å². The molecule has 1 aliphatic rings. The van der Waals surface area contributed by atoms with Crippen LogP contribution in [0.5, 0.6) is 0 Å². The highest BCUT2D eigenvalue weighted by atomic mass is 16.3. The van der Waals surface area contributed by atoms with Gasteiger partial charge in [-0.3, -0.25) is 9.80 Å². The van der Waals surface area contributed by atoms with Crippen LogP contribution in [0.25, 0.3) is 0 Å². The Morgan fingerprint density at radius 1 is 1.90 bits per heavy atom. The number of carbonyl (C=O) groups excluding carboxylic acids is 1. The number of aliphatic hydroxyl groups excluding tert-OH is 1. The summed E-state index contributed by atoms with van der Waals surface area (Å²) < 4.78 is 0. The summed E-state index contributed by atoms with van der Waals surface area (Å²) in [5.41, 5.74) is 2.86. The monoisotopic (exact) mass is 144 g/mol. The van der Waals surface area contributed by atoms with E-state index in [4.69, 9.17) is 5.11 Å². The Bertz CT molecular complexity index is 136. The van der Waals surface area contributed by atoms with Crippen molar-refractivity contribution in [2.75, 3.05) is 13.1 Å². The second-order valence-electron chi connectivity index (χ2n) is 2.51. The number of amides is 1. The number of hydrogen-bond acceptors (Lipinski definition) is 3. The van der Waals surface area contributed by atoms with E-state index >= 15 is 0 Å². The summed E-state index contributed by atoms with van der Waals surface area (Å²) in [5.74, 6) is 0.0703. The van der Waals surface area contributed by atoms with Crippen molar-refractivity contribution in [1.29, 1.82) is 0 Å². The number of carbonyl (C=O) groups is 1. The average molecular weight is 144 g/mol. The maximum absolute atomic E-state index is 10.9. The topological polar surface area (TPSA) is 52.6 Å². The number of rotatable bonds is 2. The zero-order valence-corrected chi connectivity index (χ0v) is 6.00. The molecule has 0 aromatic heterocycles. The van der Waals surface area contributed by atoms with Gasteiger partial charge in [0.25, 0.3) is 0 Å². The molecular formula is C6H12N2O2. The summed E-state index contributed by atoms with van der Waals surface area (Å²) >= 11 is 0. The molecule has 0 aromatic rings. The van der Waals surface area contributed by atoms with Crippen LogP contribution in [0.3, 0.4) is 0 Å². The highest BCUT2D eigenvalue weighted by Crippen LogP contribution is 1.99. The van der Waals surface area contributed by atoms with Crippen molar-refractivity contribution in [2.24, 2.45) is 0 Å². The van der Waals surface area contributed by atoms with Gasteiger partial charge < -0.3 is 5.11 Å². The molecule has 1 rings (SSSR count). The predicted molar refractivity (Wildman–Crippen MR) is 36.0 cm³/mol. The zero-order chi connectivity index (χ0) is 7.56. The molecule has 0 radical (unpaired) electrons. The predicted octanol–water partition coefficient (Wildman–Crippen LogP) is -0.896.